The van der Waals surface area contributed by atoms with Crippen molar-refractivity contribution in [2.24, 2.45) is 5.73 Å². The summed E-state index contributed by atoms with van der Waals surface area (Å²) in [6.45, 7) is -0.142. The van der Waals surface area contributed by atoms with Gasteiger partial charge in [-0.05, 0) is 18.2 Å². The van der Waals surface area contributed by atoms with E-state index in [1.165, 1.54) is 13.2 Å². The summed E-state index contributed by atoms with van der Waals surface area (Å²) in [5, 5.41) is 2.05. The van der Waals surface area contributed by atoms with E-state index in [4.69, 9.17) is 22.1 Å². The summed E-state index contributed by atoms with van der Waals surface area (Å²) >= 11 is 5.52. The number of nitrogens with two attached hydrogens (primary N) is 1. The lowest BCUT2D eigenvalue weighted by Crippen LogP contribution is -2.36. The Kier molecular flexibility index (Phi) is 5.16. The van der Waals surface area contributed by atoms with Crippen LogP contribution in [0.25, 0.3) is 0 Å². The molecule has 1 amide bonds. The van der Waals surface area contributed by atoms with Crippen LogP contribution in [0.4, 0.5) is 18.9 Å². The van der Waals surface area contributed by atoms with Crippen LogP contribution in [0.3, 0.4) is 0 Å². The minimum Gasteiger partial charge on any atom is -0.370 e. The lowest BCUT2D eigenvalue weighted by atomic mass is 10.1. The lowest BCUT2D eigenvalue weighted by molar-refractivity contribution is -0.137. The van der Waals surface area contributed by atoms with Gasteiger partial charge in [0.05, 0.1) is 11.3 Å². The van der Waals surface area contributed by atoms with Gasteiger partial charge in [0.1, 0.15) is 6.10 Å². The summed E-state index contributed by atoms with van der Waals surface area (Å²) < 4.78 is 43.1. The molecule has 0 bridgehead atoms. The van der Waals surface area contributed by atoms with E-state index in [2.05, 4.69) is 5.32 Å². The molecule has 0 heterocycles. The fourth-order valence-corrected chi connectivity index (χ4v) is 1.56. The Labute approximate surface area is 112 Å². The molecule has 1 rings (SSSR count). The van der Waals surface area contributed by atoms with Gasteiger partial charge in [-0.2, -0.15) is 13.2 Å². The summed E-state index contributed by atoms with van der Waals surface area (Å²) in [4.78, 5) is 11.6. The van der Waals surface area contributed by atoms with Gasteiger partial charge >= 0.3 is 6.18 Å². The lowest BCUT2D eigenvalue weighted by Gasteiger charge is -2.17. The topological polar surface area (TPSA) is 64.3 Å². The van der Waals surface area contributed by atoms with Crippen molar-refractivity contribution in [1.82, 2.24) is 0 Å². The van der Waals surface area contributed by atoms with Gasteiger partial charge in [0.15, 0.2) is 0 Å². The van der Waals surface area contributed by atoms with Crippen molar-refractivity contribution in [3.63, 3.8) is 0 Å². The second-order valence-electron chi connectivity index (χ2n) is 3.64. The summed E-state index contributed by atoms with van der Waals surface area (Å²) in [5.74, 6) is -0.752. The number of amides is 1. The van der Waals surface area contributed by atoms with Gasteiger partial charge in [-0.3, -0.25) is 4.79 Å². The van der Waals surface area contributed by atoms with Crippen molar-refractivity contribution in [1.29, 1.82) is 0 Å². The third-order valence-electron chi connectivity index (χ3n) is 2.34. The molecule has 1 unspecified atom stereocenters. The first kappa shape index (κ1) is 15.7. The number of nitrogens with one attached hydrogen (secondary N) is 1. The largest absolute Gasteiger partial charge is 0.418 e. The van der Waals surface area contributed by atoms with Gasteiger partial charge in [0.2, 0.25) is 0 Å². The van der Waals surface area contributed by atoms with Gasteiger partial charge in [0, 0.05) is 18.7 Å². The van der Waals surface area contributed by atoms with Gasteiger partial charge in [0.25, 0.3) is 5.91 Å². The van der Waals surface area contributed by atoms with E-state index in [0.717, 1.165) is 12.1 Å². The molecule has 0 aromatic heterocycles. The SMILES string of the molecule is COC(CN)C(=O)Nc1ccc(Cl)cc1C(F)(F)F. The predicted octanol–water partition coefficient (Wildman–Crippen LogP) is 2.27. The molecule has 0 fully saturated rings. The molecule has 1 aromatic rings. The second kappa shape index (κ2) is 6.23. The van der Waals surface area contributed by atoms with Gasteiger partial charge in [-0.15, -0.1) is 0 Å². The van der Waals surface area contributed by atoms with Crippen LogP contribution in [0.5, 0.6) is 0 Å². The van der Waals surface area contributed by atoms with Gasteiger partial charge in [-0.25, -0.2) is 0 Å². The first-order valence-electron chi connectivity index (χ1n) is 5.20. The average molecular weight is 297 g/mol. The number of carbonyl (C=O) groups excluding carboxylic acids is 1. The number of halogens is 4. The molecule has 106 valence electrons. The Hall–Kier alpha value is -1.31. The summed E-state index contributed by atoms with van der Waals surface area (Å²) in [6, 6.07) is 3.06. The van der Waals surface area contributed by atoms with E-state index < -0.39 is 29.4 Å². The highest BCUT2D eigenvalue weighted by Gasteiger charge is 2.34. The quantitative estimate of drug-likeness (QED) is 0.896. The van der Waals surface area contributed by atoms with E-state index in [-0.39, 0.29) is 11.6 Å². The third-order valence-corrected chi connectivity index (χ3v) is 2.57. The number of rotatable bonds is 4. The molecule has 0 aliphatic heterocycles. The maximum absolute atomic E-state index is 12.8. The highest BCUT2D eigenvalue weighted by molar-refractivity contribution is 6.30. The maximum Gasteiger partial charge on any atom is 0.418 e. The van der Waals surface area contributed by atoms with Gasteiger partial charge < -0.3 is 15.8 Å². The van der Waals surface area contributed by atoms with E-state index >= 15 is 0 Å². The normalized spacial score (nSPS) is 13.2. The monoisotopic (exact) mass is 296 g/mol. The molecule has 4 nitrogen and oxygen atoms in total. The first-order chi connectivity index (χ1) is 8.79. The molecule has 8 heteroatoms. The second-order valence-corrected chi connectivity index (χ2v) is 4.07. The van der Waals surface area contributed by atoms with Crippen molar-refractivity contribution in [2.45, 2.75) is 12.3 Å². The van der Waals surface area contributed by atoms with Crippen molar-refractivity contribution in [3.8, 4) is 0 Å². The van der Waals surface area contributed by atoms with Crippen LogP contribution in [0.2, 0.25) is 5.02 Å². The maximum atomic E-state index is 12.8. The molecule has 0 radical (unpaired) electrons. The number of ether oxygens (including phenoxy) is 1. The third kappa shape index (κ3) is 4.09. The van der Waals surface area contributed by atoms with Crippen LogP contribution in [0, 0.1) is 0 Å². The van der Waals surface area contributed by atoms with E-state index in [1.54, 1.807) is 0 Å². The summed E-state index contributed by atoms with van der Waals surface area (Å²) in [5.41, 5.74) is 3.84. The fraction of sp³-hybridized carbons (Fsp3) is 0.364. The van der Waals surface area contributed by atoms with Crippen molar-refractivity contribution in [2.75, 3.05) is 19.0 Å². The molecule has 0 saturated heterocycles. The zero-order valence-electron chi connectivity index (χ0n) is 9.92. The van der Waals surface area contributed by atoms with Crippen LogP contribution in [0.1, 0.15) is 5.56 Å². The Bertz CT molecular complexity index is 462. The van der Waals surface area contributed by atoms with E-state index in [9.17, 15) is 18.0 Å². The summed E-state index contributed by atoms with van der Waals surface area (Å²) in [6.07, 6.45) is -5.64. The Morgan fingerprint density at radius 1 is 1.53 bits per heavy atom. The predicted molar refractivity (Wildman–Crippen MR) is 64.9 cm³/mol. The molecule has 1 atom stereocenters. The molecule has 19 heavy (non-hydrogen) atoms. The zero-order valence-corrected chi connectivity index (χ0v) is 10.7. The van der Waals surface area contributed by atoms with Crippen molar-refractivity contribution < 1.29 is 22.7 Å². The molecular weight excluding hydrogens is 285 g/mol. The van der Waals surface area contributed by atoms with Crippen LogP contribution in [0.15, 0.2) is 18.2 Å². The Balaban J connectivity index is 3.05. The number of alkyl halides is 3. The van der Waals surface area contributed by atoms with Crippen LogP contribution in [-0.2, 0) is 15.7 Å². The minimum atomic E-state index is -4.63. The molecule has 0 saturated carbocycles. The van der Waals surface area contributed by atoms with Crippen molar-refractivity contribution in [3.05, 3.63) is 28.8 Å². The summed E-state index contributed by atoms with van der Waals surface area (Å²) in [7, 11) is 1.24. The fourth-order valence-electron chi connectivity index (χ4n) is 1.38. The average Bonchev–Trinajstić information content (AvgIpc) is 2.31. The molecular formula is C11H12ClF3N2O2. The number of anilines is 1. The number of benzene rings is 1. The van der Waals surface area contributed by atoms with Crippen LogP contribution >= 0.6 is 11.6 Å². The smallest absolute Gasteiger partial charge is 0.370 e. The molecule has 0 spiro atoms. The Morgan fingerprint density at radius 2 is 2.16 bits per heavy atom. The van der Waals surface area contributed by atoms with Crippen LogP contribution in [-0.4, -0.2) is 25.7 Å². The number of methoxy groups -OCH3 is 1. The highest BCUT2D eigenvalue weighted by Crippen LogP contribution is 2.36. The number of carbonyl (C=O) groups is 1. The highest BCUT2D eigenvalue weighted by atomic mass is 35.5. The van der Waals surface area contributed by atoms with Gasteiger partial charge in [-0.1, -0.05) is 11.6 Å². The zero-order chi connectivity index (χ0) is 14.6. The number of hydrogen-bond acceptors (Lipinski definition) is 3. The first-order valence-corrected chi connectivity index (χ1v) is 5.58. The number of hydrogen-bond donors (Lipinski definition) is 2. The van der Waals surface area contributed by atoms with E-state index in [0.29, 0.717) is 0 Å². The standard InChI is InChI=1S/C11H12ClF3N2O2/c1-19-9(5-16)10(18)17-8-3-2-6(12)4-7(8)11(13,14)15/h2-4,9H,5,16H2,1H3,(H,17,18). The minimum absolute atomic E-state index is 0.0764. The Morgan fingerprint density at radius 3 is 2.63 bits per heavy atom. The molecule has 1 aromatic carbocycles. The molecule has 0 aliphatic carbocycles. The molecule has 0 aliphatic rings. The molecule has 3 N–H and O–H groups in total. The van der Waals surface area contributed by atoms with Crippen LogP contribution < -0.4 is 11.1 Å². The van der Waals surface area contributed by atoms with E-state index in [1.807, 2.05) is 0 Å². The van der Waals surface area contributed by atoms with Crippen molar-refractivity contribution >= 4 is 23.2 Å².